The van der Waals surface area contributed by atoms with E-state index >= 15 is 0 Å². The fraction of sp³-hybridized carbons (Fsp3) is 0.125. The third-order valence-corrected chi connectivity index (χ3v) is 5.96. The van der Waals surface area contributed by atoms with Crippen LogP contribution in [0.25, 0.3) is 16.7 Å². The van der Waals surface area contributed by atoms with Crippen LogP contribution in [0.1, 0.15) is 41.2 Å². The fourth-order valence-corrected chi connectivity index (χ4v) is 4.34. The molecular weight excluding hydrogens is 384 g/mol. The van der Waals surface area contributed by atoms with Gasteiger partial charge in [0.2, 0.25) is 0 Å². The number of aryl methyl sites for hydroxylation is 2. The highest BCUT2D eigenvalue weighted by molar-refractivity contribution is 6.20. The summed E-state index contributed by atoms with van der Waals surface area (Å²) in [6.07, 6.45) is 9.38. The lowest BCUT2D eigenvalue weighted by Gasteiger charge is -2.12. The molecular formula is C32H30. The predicted molar refractivity (Wildman–Crippen MR) is 140 cm³/mol. The van der Waals surface area contributed by atoms with Crippen LogP contribution in [0.4, 0.5) is 0 Å². The predicted octanol–water partition coefficient (Wildman–Crippen LogP) is 8.76. The molecule has 3 aromatic rings. The quantitative estimate of drug-likeness (QED) is 0.354. The summed E-state index contributed by atoms with van der Waals surface area (Å²) < 4.78 is 0. The number of allylic oxidation sites excluding steroid dienone is 9. The summed E-state index contributed by atoms with van der Waals surface area (Å²) in [5.74, 6) is 0. The van der Waals surface area contributed by atoms with Crippen molar-refractivity contribution in [2.24, 2.45) is 0 Å². The molecule has 0 unspecified atom stereocenters. The standard InChI is InChI=1S/C32H30/c1-5-6-7-11-14-29-30(27-19-15-23(2)16-20-27)25(4)31(28-21-17-24(3)18-22-28)32(29)26-12-9-8-10-13-26/h5-13,15-22H,4,14H2,1-3H3/b6-5-,11-7-. The average Bonchev–Trinajstić information content (AvgIpc) is 3.10. The largest absolute Gasteiger partial charge is 0.0905 e. The summed E-state index contributed by atoms with van der Waals surface area (Å²) in [5.41, 5.74) is 12.4. The van der Waals surface area contributed by atoms with Crippen LogP contribution < -0.4 is 0 Å². The minimum atomic E-state index is 0.853. The maximum absolute atomic E-state index is 4.63. The summed E-state index contributed by atoms with van der Waals surface area (Å²) in [6.45, 7) is 10.9. The Bertz CT molecular complexity index is 1230. The van der Waals surface area contributed by atoms with E-state index < -0.39 is 0 Å². The number of hydrogen-bond donors (Lipinski definition) is 0. The molecule has 4 rings (SSSR count). The lowest BCUT2D eigenvalue weighted by molar-refractivity contribution is 1.30. The van der Waals surface area contributed by atoms with Crippen molar-refractivity contribution in [3.63, 3.8) is 0 Å². The third-order valence-electron chi connectivity index (χ3n) is 5.96. The lowest BCUT2D eigenvalue weighted by Crippen LogP contribution is -1.91. The van der Waals surface area contributed by atoms with Gasteiger partial charge in [0.15, 0.2) is 0 Å². The van der Waals surface area contributed by atoms with Gasteiger partial charge in [-0.2, -0.15) is 0 Å². The Kier molecular flexibility index (Phi) is 6.52. The Morgan fingerprint density at radius 1 is 0.625 bits per heavy atom. The van der Waals surface area contributed by atoms with Gasteiger partial charge in [-0.05, 0) is 71.7 Å². The van der Waals surface area contributed by atoms with Gasteiger partial charge < -0.3 is 0 Å². The van der Waals surface area contributed by atoms with Crippen LogP contribution >= 0.6 is 0 Å². The molecule has 3 aromatic carbocycles. The maximum Gasteiger partial charge on any atom is -0.00293 e. The van der Waals surface area contributed by atoms with Crippen molar-refractivity contribution in [3.05, 3.63) is 149 Å². The number of hydrogen-bond acceptors (Lipinski definition) is 0. The van der Waals surface area contributed by atoms with E-state index in [0.717, 1.165) is 12.0 Å². The van der Waals surface area contributed by atoms with Crippen LogP contribution in [0.15, 0.2) is 121 Å². The Labute approximate surface area is 192 Å². The van der Waals surface area contributed by atoms with Crippen molar-refractivity contribution in [1.29, 1.82) is 0 Å². The van der Waals surface area contributed by atoms with E-state index in [1.54, 1.807) is 0 Å². The summed E-state index contributed by atoms with van der Waals surface area (Å²) in [6, 6.07) is 28.4. The zero-order valence-corrected chi connectivity index (χ0v) is 19.2. The van der Waals surface area contributed by atoms with E-state index in [0.29, 0.717) is 0 Å². The molecule has 0 bridgehead atoms. The fourth-order valence-electron chi connectivity index (χ4n) is 4.34. The van der Waals surface area contributed by atoms with E-state index in [4.69, 9.17) is 0 Å². The molecule has 1 aliphatic rings. The van der Waals surface area contributed by atoms with Gasteiger partial charge in [-0.25, -0.2) is 0 Å². The highest BCUT2D eigenvalue weighted by Gasteiger charge is 2.29. The Hall–Kier alpha value is -3.64. The molecule has 0 nitrogen and oxygen atoms in total. The van der Waals surface area contributed by atoms with Crippen molar-refractivity contribution >= 4 is 16.7 Å². The molecule has 0 atom stereocenters. The van der Waals surface area contributed by atoms with Crippen molar-refractivity contribution in [2.45, 2.75) is 27.2 Å². The number of rotatable bonds is 6. The minimum Gasteiger partial charge on any atom is -0.0905 e. The molecule has 0 amide bonds. The zero-order chi connectivity index (χ0) is 22.5. The van der Waals surface area contributed by atoms with Gasteiger partial charge in [-0.1, -0.05) is 121 Å². The molecule has 1 aliphatic carbocycles. The number of benzene rings is 3. The first kappa shape index (κ1) is 21.6. The second-order valence-corrected chi connectivity index (χ2v) is 8.34. The van der Waals surface area contributed by atoms with Crippen LogP contribution in [0.5, 0.6) is 0 Å². The average molecular weight is 415 g/mol. The van der Waals surface area contributed by atoms with Crippen LogP contribution in [0.3, 0.4) is 0 Å². The third kappa shape index (κ3) is 4.36. The van der Waals surface area contributed by atoms with Gasteiger partial charge in [-0.15, -0.1) is 0 Å². The first-order valence-corrected chi connectivity index (χ1v) is 11.2. The van der Waals surface area contributed by atoms with Gasteiger partial charge in [0.1, 0.15) is 0 Å². The molecule has 0 N–H and O–H groups in total. The molecule has 0 heteroatoms. The van der Waals surface area contributed by atoms with E-state index in [9.17, 15) is 0 Å². The lowest BCUT2D eigenvalue weighted by atomic mass is 9.91. The molecule has 0 heterocycles. The minimum absolute atomic E-state index is 0.853. The van der Waals surface area contributed by atoms with Crippen molar-refractivity contribution in [2.75, 3.05) is 0 Å². The van der Waals surface area contributed by atoms with E-state index in [2.05, 4.69) is 124 Å². The first-order valence-electron chi connectivity index (χ1n) is 11.2. The second-order valence-electron chi connectivity index (χ2n) is 8.34. The topological polar surface area (TPSA) is 0 Å². The highest BCUT2D eigenvalue weighted by atomic mass is 14.3. The van der Waals surface area contributed by atoms with Crippen molar-refractivity contribution in [3.8, 4) is 0 Å². The Morgan fingerprint density at radius 2 is 1.16 bits per heavy atom. The van der Waals surface area contributed by atoms with Crippen molar-refractivity contribution in [1.82, 2.24) is 0 Å². The summed E-state index contributed by atoms with van der Waals surface area (Å²) in [4.78, 5) is 0. The summed E-state index contributed by atoms with van der Waals surface area (Å²) >= 11 is 0. The molecule has 0 saturated heterocycles. The van der Waals surface area contributed by atoms with Gasteiger partial charge in [0, 0.05) is 0 Å². The molecule has 0 spiro atoms. The molecule has 0 saturated carbocycles. The SMILES string of the molecule is C=C1C(c2ccc(C)cc2)=C(C/C=C\C=C/C)C(c2ccccc2)=C1c1ccc(C)cc1. The monoisotopic (exact) mass is 414 g/mol. The van der Waals surface area contributed by atoms with Gasteiger partial charge in [-0.3, -0.25) is 0 Å². The van der Waals surface area contributed by atoms with E-state index in [1.165, 1.54) is 50.1 Å². The van der Waals surface area contributed by atoms with Crippen LogP contribution in [0, 0.1) is 13.8 Å². The van der Waals surface area contributed by atoms with Gasteiger partial charge in [0.25, 0.3) is 0 Å². The molecule has 0 radical (unpaired) electrons. The Balaban J connectivity index is 1.97. The van der Waals surface area contributed by atoms with Gasteiger partial charge in [0.05, 0.1) is 0 Å². The molecule has 0 aromatic heterocycles. The highest BCUT2D eigenvalue weighted by Crippen LogP contribution is 2.51. The van der Waals surface area contributed by atoms with Gasteiger partial charge >= 0.3 is 0 Å². The van der Waals surface area contributed by atoms with Crippen LogP contribution in [-0.2, 0) is 0 Å². The first-order chi connectivity index (χ1) is 15.6. The van der Waals surface area contributed by atoms with Crippen LogP contribution in [-0.4, -0.2) is 0 Å². The van der Waals surface area contributed by atoms with Crippen LogP contribution in [0.2, 0.25) is 0 Å². The molecule has 0 aliphatic heterocycles. The molecule has 32 heavy (non-hydrogen) atoms. The molecule has 0 fully saturated rings. The maximum atomic E-state index is 4.63. The van der Waals surface area contributed by atoms with Crippen molar-refractivity contribution < 1.29 is 0 Å². The van der Waals surface area contributed by atoms with E-state index in [-0.39, 0.29) is 0 Å². The Morgan fingerprint density at radius 3 is 1.72 bits per heavy atom. The second kappa shape index (κ2) is 9.66. The normalized spacial score (nSPS) is 14.4. The summed E-state index contributed by atoms with van der Waals surface area (Å²) in [7, 11) is 0. The zero-order valence-electron chi connectivity index (χ0n) is 19.2. The van der Waals surface area contributed by atoms with E-state index in [1.807, 2.05) is 6.92 Å². The molecule has 158 valence electrons. The summed E-state index contributed by atoms with van der Waals surface area (Å²) in [5, 5.41) is 0. The smallest absolute Gasteiger partial charge is 0.00293 e.